The number of anilines is 2. The van der Waals surface area contributed by atoms with Crippen LogP contribution >= 0.6 is 45.9 Å². The van der Waals surface area contributed by atoms with Crippen molar-refractivity contribution in [1.82, 2.24) is 9.97 Å². The van der Waals surface area contributed by atoms with Gasteiger partial charge in [-0.25, -0.2) is 9.97 Å². The Balaban J connectivity index is 1.10. The van der Waals surface area contributed by atoms with Gasteiger partial charge >= 0.3 is 0 Å². The lowest BCUT2D eigenvalue weighted by molar-refractivity contribution is -0.134. The lowest BCUT2D eigenvalue weighted by atomic mass is 9.74. The third-order valence-electron chi connectivity index (χ3n) is 8.57. The lowest BCUT2D eigenvalue weighted by Gasteiger charge is -2.49. The van der Waals surface area contributed by atoms with Crippen LogP contribution in [0.2, 0.25) is 10.0 Å². The fourth-order valence-electron chi connectivity index (χ4n) is 6.52. The minimum absolute atomic E-state index is 0.0168. The maximum atomic E-state index is 13.8. The molecule has 218 valence electrons. The van der Waals surface area contributed by atoms with Crippen molar-refractivity contribution >= 4 is 88.4 Å². The van der Waals surface area contributed by atoms with Gasteiger partial charge in [-0.05, 0) is 72.5 Å². The number of hydrogen-bond donors (Lipinski definition) is 0. The fourth-order valence-corrected chi connectivity index (χ4v) is 8.93. The summed E-state index contributed by atoms with van der Waals surface area (Å²) in [6, 6.07) is 30.7. The van der Waals surface area contributed by atoms with Crippen LogP contribution in [0.3, 0.4) is 0 Å². The summed E-state index contributed by atoms with van der Waals surface area (Å²) >= 11 is 15.8. The maximum Gasteiger partial charge on any atom is 0.234 e. The fraction of sp³-hybridized carbons (Fsp3) is 0.176. The molecule has 2 aliphatic heterocycles. The number of amides is 2. The van der Waals surface area contributed by atoms with Crippen LogP contribution in [0.15, 0.2) is 97.1 Å². The number of carbonyl (C=O) groups excluding carboxylic acids is 2. The van der Waals surface area contributed by atoms with Crippen LogP contribution < -0.4 is 9.80 Å². The molecule has 2 amide bonds. The zero-order chi connectivity index (χ0) is 29.9. The van der Waals surface area contributed by atoms with Gasteiger partial charge in [-0.1, -0.05) is 94.4 Å². The van der Waals surface area contributed by atoms with Gasteiger partial charge in [-0.2, -0.15) is 0 Å². The molecule has 2 saturated heterocycles. The average Bonchev–Trinajstić information content (AvgIpc) is 3.64. The molecule has 4 aromatic carbocycles. The number of benzene rings is 4. The molecule has 0 aliphatic carbocycles. The average molecular weight is 656 g/mol. The van der Waals surface area contributed by atoms with E-state index in [1.54, 1.807) is 9.80 Å². The van der Waals surface area contributed by atoms with Gasteiger partial charge in [-0.3, -0.25) is 19.4 Å². The van der Waals surface area contributed by atoms with Gasteiger partial charge in [0.2, 0.25) is 11.8 Å². The maximum absolute atomic E-state index is 13.8. The highest BCUT2D eigenvalue weighted by Gasteiger charge is 2.53. The van der Waals surface area contributed by atoms with Crippen molar-refractivity contribution in [3.63, 3.8) is 0 Å². The summed E-state index contributed by atoms with van der Waals surface area (Å²) in [5.41, 5.74) is 3.66. The number of rotatable bonds is 7. The van der Waals surface area contributed by atoms with Crippen molar-refractivity contribution in [3.05, 3.63) is 118 Å². The van der Waals surface area contributed by atoms with E-state index < -0.39 is 0 Å². The molecule has 8 rings (SSSR count). The second-order valence-corrected chi connectivity index (χ2v) is 14.0. The molecule has 0 saturated carbocycles. The first-order valence-electron chi connectivity index (χ1n) is 14.3. The predicted molar refractivity (Wildman–Crippen MR) is 179 cm³/mol. The normalized spacial score (nSPS) is 21.6. The number of β-lactam (4-membered cyclic amide) rings is 2. The molecule has 10 heteroatoms. The largest absolute Gasteiger partial charge is 0.279 e. The summed E-state index contributed by atoms with van der Waals surface area (Å²) in [4.78, 5) is 40.8. The van der Waals surface area contributed by atoms with E-state index in [1.807, 2.05) is 97.1 Å². The number of para-hydroxylation sites is 2. The number of halogens is 2. The molecule has 2 aliphatic rings. The molecule has 0 N–H and O–H groups in total. The van der Waals surface area contributed by atoms with Crippen LogP contribution in [0.25, 0.3) is 20.4 Å². The number of thiazole rings is 2. The van der Waals surface area contributed by atoms with Crippen molar-refractivity contribution in [2.24, 2.45) is 11.8 Å². The van der Waals surface area contributed by atoms with E-state index in [1.165, 1.54) is 22.7 Å². The Morgan fingerprint density at radius 2 is 1.02 bits per heavy atom. The van der Waals surface area contributed by atoms with Gasteiger partial charge in [-0.15, -0.1) is 0 Å². The van der Waals surface area contributed by atoms with E-state index >= 15 is 0 Å². The van der Waals surface area contributed by atoms with Crippen LogP contribution in [0, 0.1) is 11.8 Å². The lowest BCUT2D eigenvalue weighted by Crippen LogP contribution is -2.57. The number of carbonyl (C=O) groups is 2. The minimum Gasteiger partial charge on any atom is -0.279 e. The zero-order valence-corrected chi connectivity index (χ0v) is 26.3. The molecular weight excluding hydrogens is 631 g/mol. The number of hydrogen-bond acceptors (Lipinski definition) is 6. The van der Waals surface area contributed by atoms with Crippen molar-refractivity contribution in [3.8, 4) is 0 Å². The molecule has 2 fully saturated rings. The van der Waals surface area contributed by atoms with Crippen molar-refractivity contribution in [1.29, 1.82) is 0 Å². The number of nitrogens with zero attached hydrogens (tertiary/aromatic N) is 4. The molecule has 4 unspecified atom stereocenters. The van der Waals surface area contributed by atoms with Gasteiger partial charge < -0.3 is 0 Å². The van der Waals surface area contributed by atoms with Gasteiger partial charge in [0.15, 0.2) is 10.3 Å². The van der Waals surface area contributed by atoms with Crippen LogP contribution in [0.1, 0.15) is 36.1 Å². The van der Waals surface area contributed by atoms with Gasteiger partial charge in [0.25, 0.3) is 0 Å². The highest BCUT2D eigenvalue weighted by molar-refractivity contribution is 7.22. The molecular formula is C34H24Cl2N4O2S2. The Hall–Kier alpha value is -3.82. The molecule has 0 bridgehead atoms. The molecule has 0 radical (unpaired) electrons. The van der Waals surface area contributed by atoms with E-state index in [4.69, 9.17) is 33.2 Å². The van der Waals surface area contributed by atoms with E-state index in [0.29, 0.717) is 33.2 Å². The minimum atomic E-state index is -0.301. The van der Waals surface area contributed by atoms with E-state index in [9.17, 15) is 9.59 Å². The summed E-state index contributed by atoms with van der Waals surface area (Å²) in [5.74, 6) is -0.569. The molecule has 2 aromatic heterocycles. The second-order valence-electron chi connectivity index (χ2n) is 11.1. The summed E-state index contributed by atoms with van der Waals surface area (Å²) in [7, 11) is 0. The standard InChI is InChI=1S/C34H24Cl2N4O2S2/c35-21-9-5-7-19(17-21)29-23(31(41)39(29)33-37-25-11-1-3-13-27(25)43-33)15-16-24-30(20-8-6-10-22(36)18-20)40(32(24)42)34-38-26-12-2-4-14-28(26)44-34/h1-14,17-18,23-24,29-30H,15-16H2. The molecule has 6 nitrogen and oxygen atoms in total. The van der Waals surface area contributed by atoms with Crippen LogP contribution in [0.5, 0.6) is 0 Å². The first-order chi connectivity index (χ1) is 21.5. The summed E-state index contributed by atoms with van der Waals surface area (Å²) in [5, 5.41) is 2.59. The highest BCUT2D eigenvalue weighted by Crippen LogP contribution is 2.52. The Morgan fingerprint density at radius 3 is 1.43 bits per heavy atom. The highest BCUT2D eigenvalue weighted by atomic mass is 35.5. The smallest absolute Gasteiger partial charge is 0.234 e. The number of aromatic nitrogens is 2. The third kappa shape index (κ3) is 4.59. The van der Waals surface area contributed by atoms with Gasteiger partial charge in [0.05, 0.1) is 44.4 Å². The number of fused-ring (bicyclic) bond motifs is 2. The van der Waals surface area contributed by atoms with Gasteiger partial charge in [0.1, 0.15) is 0 Å². The summed E-state index contributed by atoms with van der Waals surface area (Å²) < 4.78 is 2.06. The Kier molecular flexibility index (Phi) is 6.90. The van der Waals surface area contributed by atoms with E-state index in [2.05, 4.69) is 0 Å². The SMILES string of the molecule is O=C1C(CCC2C(=O)N(c3nc4ccccc4s3)C2c2cccc(Cl)c2)C(c2cccc(Cl)c2)N1c1nc2ccccc2s1. The first-order valence-corrected chi connectivity index (χ1v) is 16.7. The van der Waals surface area contributed by atoms with Crippen molar-refractivity contribution in [2.45, 2.75) is 24.9 Å². The van der Waals surface area contributed by atoms with Crippen LogP contribution in [0.4, 0.5) is 10.3 Å². The molecule has 44 heavy (non-hydrogen) atoms. The van der Waals surface area contributed by atoms with Crippen LogP contribution in [-0.2, 0) is 9.59 Å². The predicted octanol–water partition coefficient (Wildman–Crippen LogP) is 9.10. The molecule has 4 atom stereocenters. The van der Waals surface area contributed by atoms with E-state index in [-0.39, 0.29) is 35.7 Å². The molecule has 6 aromatic rings. The quantitative estimate of drug-likeness (QED) is 0.161. The molecule has 4 heterocycles. The van der Waals surface area contributed by atoms with Gasteiger partial charge in [0, 0.05) is 10.0 Å². The molecule has 0 spiro atoms. The topological polar surface area (TPSA) is 66.4 Å². The summed E-state index contributed by atoms with van der Waals surface area (Å²) in [6.07, 6.45) is 1.11. The summed E-state index contributed by atoms with van der Waals surface area (Å²) in [6.45, 7) is 0. The second kappa shape index (κ2) is 11.0. The van der Waals surface area contributed by atoms with E-state index in [0.717, 1.165) is 31.6 Å². The third-order valence-corrected chi connectivity index (χ3v) is 11.1. The Morgan fingerprint density at radius 1 is 0.591 bits per heavy atom. The van der Waals surface area contributed by atoms with Crippen molar-refractivity contribution < 1.29 is 9.59 Å². The first kappa shape index (κ1) is 27.7. The van der Waals surface area contributed by atoms with Crippen LogP contribution in [-0.4, -0.2) is 21.8 Å². The Bertz CT molecular complexity index is 1860. The Labute approximate surface area is 271 Å². The van der Waals surface area contributed by atoms with Crippen molar-refractivity contribution in [2.75, 3.05) is 9.80 Å². The monoisotopic (exact) mass is 654 g/mol. The zero-order valence-electron chi connectivity index (χ0n) is 23.1.